The number of halogens is 5. The number of benzene rings is 2. The average Bonchev–Trinajstić information content (AvgIpc) is 3.48. The standard InChI is InChI=1S/C24H20Cl2F3N3O2/c1-13-8-14(3-7-20(24(27,28)29)16-9-17(25)11-18(26)10-16)2-6-19(13)22(33)30-12-21-31-32-23(34-21)15-4-5-15/h2-3,6-11,15,20H,4-5,12H2,1H3,(H,30,33). The summed E-state index contributed by atoms with van der Waals surface area (Å²) < 4.78 is 46.6. The first-order chi connectivity index (χ1) is 16.1. The second kappa shape index (κ2) is 9.80. The summed E-state index contributed by atoms with van der Waals surface area (Å²) in [5, 5.41) is 10.9. The Kier molecular flexibility index (Phi) is 7.00. The fourth-order valence-corrected chi connectivity index (χ4v) is 4.04. The molecule has 0 aliphatic heterocycles. The number of carbonyl (C=O) groups excluding carboxylic acids is 1. The molecule has 3 aromatic rings. The molecule has 1 aliphatic rings. The molecule has 1 N–H and O–H groups in total. The van der Waals surface area contributed by atoms with Crippen molar-refractivity contribution in [2.24, 2.45) is 0 Å². The van der Waals surface area contributed by atoms with Crippen LogP contribution in [0, 0.1) is 6.92 Å². The summed E-state index contributed by atoms with van der Waals surface area (Å²) in [5.74, 6) is -0.990. The van der Waals surface area contributed by atoms with E-state index in [4.69, 9.17) is 27.6 Å². The number of amides is 1. The van der Waals surface area contributed by atoms with Gasteiger partial charge >= 0.3 is 6.18 Å². The van der Waals surface area contributed by atoms with Crippen LogP contribution in [0.5, 0.6) is 0 Å². The minimum Gasteiger partial charge on any atom is -0.423 e. The van der Waals surface area contributed by atoms with Crippen molar-refractivity contribution in [3.8, 4) is 0 Å². The lowest BCUT2D eigenvalue weighted by Crippen LogP contribution is -2.23. The molecule has 10 heteroatoms. The minimum absolute atomic E-state index is 0.0557. The first kappa shape index (κ1) is 24.3. The zero-order chi connectivity index (χ0) is 24.5. The monoisotopic (exact) mass is 509 g/mol. The fourth-order valence-electron chi connectivity index (χ4n) is 3.50. The predicted octanol–water partition coefficient (Wildman–Crippen LogP) is 6.85. The van der Waals surface area contributed by atoms with E-state index < -0.39 is 12.1 Å². The Hall–Kier alpha value is -2.84. The maximum atomic E-state index is 13.7. The Morgan fingerprint density at radius 2 is 1.88 bits per heavy atom. The van der Waals surface area contributed by atoms with Crippen molar-refractivity contribution in [2.75, 3.05) is 0 Å². The van der Waals surface area contributed by atoms with Gasteiger partial charge in [0.2, 0.25) is 11.8 Å². The molecule has 1 heterocycles. The van der Waals surface area contributed by atoms with Crippen LogP contribution in [0.3, 0.4) is 0 Å². The average molecular weight is 510 g/mol. The van der Waals surface area contributed by atoms with E-state index in [2.05, 4.69) is 15.5 Å². The van der Waals surface area contributed by atoms with Crippen molar-refractivity contribution in [1.29, 1.82) is 0 Å². The molecular formula is C24H20Cl2F3N3O2. The van der Waals surface area contributed by atoms with Crippen molar-refractivity contribution < 1.29 is 22.4 Å². The summed E-state index contributed by atoms with van der Waals surface area (Å²) in [6, 6.07) is 8.64. The number of hydrogen-bond acceptors (Lipinski definition) is 4. The maximum Gasteiger partial charge on any atom is 0.399 e. The molecule has 1 unspecified atom stereocenters. The van der Waals surface area contributed by atoms with Gasteiger partial charge in [0, 0.05) is 21.5 Å². The summed E-state index contributed by atoms with van der Waals surface area (Å²) in [6.45, 7) is 1.80. The van der Waals surface area contributed by atoms with E-state index in [1.807, 2.05) is 0 Å². The van der Waals surface area contributed by atoms with Crippen LogP contribution in [0.1, 0.15) is 63.5 Å². The highest BCUT2D eigenvalue weighted by Gasteiger charge is 2.39. The van der Waals surface area contributed by atoms with Crippen LogP contribution in [0.25, 0.3) is 6.08 Å². The van der Waals surface area contributed by atoms with Crippen LogP contribution in [0.4, 0.5) is 13.2 Å². The molecule has 5 nitrogen and oxygen atoms in total. The molecule has 34 heavy (non-hydrogen) atoms. The van der Waals surface area contributed by atoms with Gasteiger partial charge in [0.05, 0.1) is 12.5 Å². The molecule has 1 amide bonds. The lowest BCUT2D eigenvalue weighted by atomic mass is 9.96. The number of carbonyl (C=O) groups is 1. The molecule has 2 aromatic carbocycles. The molecule has 0 spiro atoms. The van der Waals surface area contributed by atoms with Gasteiger partial charge in [0.1, 0.15) is 0 Å². The maximum absolute atomic E-state index is 13.7. The summed E-state index contributed by atoms with van der Waals surface area (Å²) in [4.78, 5) is 12.6. The number of hydrogen-bond donors (Lipinski definition) is 1. The second-order valence-electron chi connectivity index (χ2n) is 8.15. The smallest absolute Gasteiger partial charge is 0.399 e. The van der Waals surface area contributed by atoms with Gasteiger partial charge < -0.3 is 9.73 Å². The normalized spacial score (nSPS) is 15.0. The molecule has 1 aromatic heterocycles. The van der Waals surface area contributed by atoms with Crippen molar-refractivity contribution in [3.05, 3.63) is 86.6 Å². The summed E-state index contributed by atoms with van der Waals surface area (Å²) in [5.41, 5.74) is 1.47. The quantitative estimate of drug-likeness (QED) is 0.378. The lowest BCUT2D eigenvalue weighted by Gasteiger charge is -2.18. The number of alkyl halides is 3. The minimum atomic E-state index is -4.53. The molecular weight excluding hydrogens is 490 g/mol. The highest BCUT2D eigenvalue weighted by atomic mass is 35.5. The number of nitrogens with zero attached hydrogens (tertiary/aromatic N) is 2. The van der Waals surface area contributed by atoms with Crippen LogP contribution in [0.2, 0.25) is 10.0 Å². The molecule has 4 rings (SSSR count). The Labute approximate surface area is 204 Å². The van der Waals surface area contributed by atoms with E-state index in [1.165, 1.54) is 24.3 Å². The number of nitrogens with one attached hydrogen (secondary N) is 1. The lowest BCUT2D eigenvalue weighted by molar-refractivity contribution is -0.139. The SMILES string of the molecule is Cc1cc(C=CC(c2cc(Cl)cc(Cl)c2)C(F)(F)F)ccc1C(=O)NCc1nnc(C2CC2)o1. The second-order valence-corrected chi connectivity index (χ2v) is 9.02. The molecule has 1 aliphatic carbocycles. The molecule has 1 fully saturated rings. The molecule has 1 atom stereocenters. The van der Waals surface area contributed by atoms with Crippen LogP contribution < -0.4 is 5.32 Å². The predicted molar refractivity (Wildman–Crippen MR) is 123 cm³/mol. The van der Waals surface area contributed by atoms with Gasteiger partial charge in [-0.3, -0.25) is 4.79 Å². The third-order valence-corrected chi connectivity index (χ3v) is 5.82. The summed E-state index contributed by atoms with van der Waals surface area (Å²) in [7, 11) is 0. The van der Waals surface area contributed by atoms with Gasteiger partial charge in [-0.2, -0.15) is 13.2 Å². The Balaban J connectivity index is 1.45. The molecule has 1 saturated carbocycles. The van der Waals surface area contributed by atoms with Gasteiger partial charge in [-0.25, -0.2) is 0 Å². The Morgan fingerprint density at radius 1 is 1.18 bits per heavy atom. The van der Waals surface area contributed by atoms with Gasteiger partial charge in [0.25, 0.3) is 5.91 Å². The van der Waals surface area contributed by atoms with Gasteiger partial charge in [0.15, 0.2) is 0 Å². The third kappa shape index (κ3) is 5.98. The largest absolute Gasteiger partial charge is 0.423 e. The van der Waals surface area contributed by atoms with Crippen LogP contribution >= 0.6 is 23.2 Å². The van der Waals surface area contributed by atoms with Crippen molar-refractivity contribution >= 4 is 35.2 Å². The number of aryl methyl sites for hydroxylation is 1. The topological polar surface area (TPSA) is 68.0 Å². The van der Waals surface area contributed by atoms with Crippen molar-refractivity contribution in [3.63, 3.8) is 0 Å². The highest BCUT2D eigenvalue weighted by molar-refractivity contribution is 6.34. The van der Waals surface area contributed by atoms with Gasteiger partial charge in [-0.05, 0) is 60.7 Å². The first-order valence-corrected chi connectivity index (χ1v) is 11.3. The van der Waals surface area contributed by atoms with Crippen molar-refractivity contribution in [1.82, 2.24) is 15.5 Å². The van der Waals surface area contributed by atoms with E-state index in [1.54, 1.807) is 25.1 Å². The Bertz CT molecular complexity index is 1220. The molecule has 0 saturated heterocycles. The van der Waals surface area contributed by atoms with Gasteiger partial charge in [-0.1, -0.05) is 47.5 Å². The first-order valence-electron chi connectivity index (χ1n) is 10.5. The molecule has 0 bridgehead atoms. The van der Waals surface area contributed by atoms with E-state index >= 15 is 0 Å². The Morgan fingerprint density at radius 3 is 2.50 bits per heavy atom. The van der Waals surface area contributed by atoms with E-state index in [0.717, 1.165) is 18.9 Å². The zero-order valence-electron chi connectivity index (χ0n) is 18.0. The van der Waals surface area contributed by atoms with Crippen LogP contribution in [0.15, 0.2) is 46.9 Å². The number of allylic oxidation sites excluding steroid dienone is 1. The summed E-state index contributed by atoms with van der Waals surface area (Å²) >= 11 is 11.8. The van der Waals surface area contributed by atoms with Gasteiger partial charge in [-0.15, -0.1) is 10.2 Å². The van der Waals surface area contributed by atoms with Crippen LogP contribution in [-0.4, -0.2) is 22.3 Å². The fraction of sp³-hybridized carbons (Fsp3) is 0.292. The summed E-state index contributed by atoms with van der Waals surface area (Å²) in [6.07, 6.45) is -0.0639. The third-order valence-electron chi connectivity index (χ3n) is 5.38. The van der Waals surface area contributed by atoms with E-state index in [9.17, 15) is 18.0 Å². The van der Waals surface area contributed by atoms with E-state index in [-0.39, 0.29) is 28.1 Å². The molecule has 0 radical (unpaired) electrons. The zero-order valence-corrected chi connectivity index (χ0v) is 19.5. The number of aromatic nitrogens is 2. The van der Waals surface area contributed by atoms with E-state index in [0.29, 0.717) is 34.4 Å². The number of rotatable bonds is 7. The van der Waals surface area contributed by atoms with Crippen molar-refractivity contribution in [2.45, 2.75) is 44.3 Å². The highest BCUT2D eigenvalue weighted by Crippen LogP contribution is 2.39. The van der Waals surface area contributed by atoms with Crippen LogP contribution in [-0.2, 0) is 6.54 Å². The molecule has 178 valence electrons.